The average molecular weight is 226 g/mol. The van der Waals surface area contributed by atoms with Crippen LogP contribution < -0.4 is 0 Å². The van der Waals surface area contributed by atoms with Gasteiger partial charge in [-0.25, -0.2) is 0 Å². The number of carbonyl (C=O) groups is 1. The Morgan fingerprint density at radius 1 is 1.56 bits per heavy atom. The standard InChI is InChI=1S/C13H22O3/c1-10(2)9-15-12-6-4-5-7-13(14)16-11(3)8-12/h11-12H,1,4-9H2,2-3H3. The van der Waals surface area contributed by atoms with E-state index >= 15 is 0 Å². The van der Waals surface area contributed by atoms with Crippen LogP contribution in [0.3, 0.4) is 0 Å². The Morgan fingerprint density at radius 2 is 2.31 bits per heavy atom. The van der Waals surface area contributed by atoms with E-state index in [4.69, 9.17) is 9.47 Å². The second-order valence-corrected chi connectivity index (χ2v) is 4.67. The molecule has 0 aliphatic carbocycles. The van der Waals surface area contributed by atoms with Gasteiger partial charge in [-0.1, -0.05) is 18.6 Å². The second kappa shape index (κ2) is 6.69. The van der Waals surface area contributed by atoms with Gasteiger partial charge in [0.2, 0.25) is 0 Å². The Hall–Kier alpha value is -0.830. The lowest BCUT2D eigenvalue weighted by atomic mass is 10.1. The molecule has 16 heavy (non-hydrogen) atoms. The Kier molecular flexibility index (Phi) is 5.53. The van der Waals surface area contributed by atoms with Gasteiger partial charge in [0, 0.05) is 12.8 Å². The lowest BCUT2D eigenvalue weighted by Gasteiger charge is -2.20. The van der Waals surface area contributed by atoms with Gasteiger partial charge in [0.15, 0.2) is 0 Å². The van der Waals surface area contributed by atoms with Crippen LogP contribution >= 0.6 is 0 Å². The van der Waals surface area contributed by atoms with Crippen molar-refractivity contribution in [3.05, 3.63) is 12.2 Å². The first-order valence-electron chi connectivity index (χ1n) is 6.03. The van der Waals surface area contributed by atoms with E-state index in [0.717, 1.165) is 31.3 Å². The van der Waals surface area contributed by atoms with E-state index in [1.54, 1.807) is 0 Å². The van der Waals surface area contributed by atoms with Gasteiger partial charge < -0.3 is 9.47 Å². The Labute approximate surface area is 97.8 Å². The minimum Gasteiger partial charge on any atom is -0.463 e. The molecule has 2 atom stereocenters. The molecule has 0 aromatic carbocycles. The van der Waals surface area contributed by atoms with E-state index < -0.39 is 0 Å². The van der Waals surface area contributed by atoms with Crippen LogP contribution in [-0.2, 0) is 14.3 Å². The molecule has 0 saturated carbocycles. The Morgan fingerprint density at radius 3 is 3.00 bits per heavy atom. The highest BCUT2D eigenvalue weighted by Crippen LogP contribution is 2.18. The molecule has 0 aromatic rings. The summed E-state index contributed by atoms with van der Waals surface area (Å²) in [5, 5.41) is 0. The molecule has 1 aliphatic heterocycles. The highest BCUT2D eigenvalue weighted by molar-refractivity contribution is 5.69. The SMILES string of the molecule is C=C(C)COC1CCCCC(=O)OC(C)C1. The van der Waals surface area contributed by atoms with E-state index in [1.165, 1.54) is 0 Å². The molecule has 1 fully saturated rings. The topological polar surface area (TPSA) is 35.5 Å². The summed E-state index contributed by atoms with van der Waals surface area (Å²) in [6.45, 7) is 8.31. The summed E-state index contributed by atoms with van der Waals surface area (Å²) in [4.78, 5) is 11.3. The molecule has 3 heteroatoms. The highest BCUT2D eigenvalue weighted by atomic mass is 16.5. The largest absolute Gasteiger partial charge is 0.463 e. The second-order valence-electron chi connectivity index (χ2n) is 4.67. The molecule has 0 spiro atoms. The van der Waals surface area contributed by atoms with Crippen molar-refractivity contribution in [1.29, 1.82) is 0 Å². The van der Waals surface area contributed by atoms with Gasteiger partial charge in [-0.15, -0.1) is 0 Å². The van der Waals surface area contributed by atoms with Gasteiger partial charge in [0.25, 0.3) is 0 Å². The molecule has 92 valence electrons. The zero-order valence-corrected chi connectivity index (χ0v) is 10.3. The number of rotatable bonds is 3. The lowest BCUT2D eigenvalue weighted by Crippen LogP contribution is -2.22. The van der Waals surface area contributed by atoms with Crippen LogP contribution in [0.4, 0.5) is 0 Å². The van der Waals surface area contributed by atoms with E-state index in [0.29, 0.717) is 13.0 Å². The Bertz CT molecular complexity index is 248. The van der Waals surface area contributed by atoms with Crippen molar-refractivity contribution in [1.82, 2.24) is 0 Å². The van der Waals surface area contributed by atoms with Crippen molar-refractivity contribution >= 4 is 5.97 Å². The molecule has 0 bridgehead atoms. The third-order valence-electron chi connectivity index (χ3n) is 2.65. The van der Waals surface area contributed by atoms with Crippen LogP contribution in [0.15, 0.2) is 12.2 Å². The molecular formula is C13H22O3. The third kappa shape index (κ3) is 5.31. The van der Waals surface area contributed by atoms with Gasteiger partial charge >= 0.3 is 5.97 Å². The smallest absolute Gasteiger partial charge is 0.306 e. The summed E-state index contributed by atoms with van der Waals surface area (Å²) in [7, 11) is 0. The third-order valence-corrected chi connectivity index (χ3v) is 2.65. The summed E-state index contributed by atoms with van der Waals surface area (Å²) in [5.74, 6) is -0.0759. The summed E-state index contributed by atoms with van der Waals surface area (Å²) in [5.41, 5.74) is 1.03. The summed E-state index contributed by atoms with van der Waals surface area (Å²) in [6.07, 6.45) is 4.42. The van der Waals surface area contributed by atoms with Crippen LogP contribution in [0.1, 0.15) is 46.0 Å². The Balaban J connectivity index is 2.43. The number of hydrogen-bond donors (Lipinski definition) is 0. The normalized spacial score (nSPS) is 27.5. The number of ether oxygens (including phenoxy) is 2. The number of cyclic esters (lactones) is 1. The van der Waals surface area contributed by atoms with E-state index in [-0.39, 0.29) is 18.2 Å². The maximum atomic E-state index is 11.3. The van der Waals surface area contributed by atoms with Crippen molar-refractivity contribution in [2.24, 2.45) is 0 Å². The number of carbonyl (C=O) groups excluding carboxylic acids is 1. The fraction of sp³-hybridized carbons (Fsp3) is 0.769. The maximum absolute atomic E-state index is 11.3. The molecule has 1 heterocycles. The van der Waals surface area contributed by atoms with Crippen molar-refractivity contribution < 1.29 is 14.3 Å². The van der Waals surface area contributed by atoms with Crippen molar-refractivity contribution in [3.8, 4) is 0 Å². The van der Waals surface area contributed by atoms with Crippen molar-refractivity contribution in [2.45, 2.75) is 58.2 Å². The summed E-state index contributed by atoms with van der Waals surface area (Å²) >= 11 is 0. The fourth-order valence-electron chi connectivity index (χ4n) is 1.87. The first-order chi connectivity index (χ1) is 7.58. The van der Waals surface area contributed by atoms with E-state index in [1.807, 2.05) is 13.8 Å². The number of esters is 1. The van der Waals surface area contributed by atoms with Crippen LogP contribution in [0.25, 0.3) is 0 Å². The molecule has 1 rings (SSSR count). The number of hydrogen-bond acceptors (Lipinski definition) is 3. The molecule has 0 amide bonds. The molecular weight excluding hydrogens is 204 g/mol. The zero-order chi connectivity index (χ0) is 12.0. The molecule has 0 N–H and O–H groups in total. The average Bonchev–Trinajstić information content (AvgIpc) is 2.26. The molecule has 2 unspecified atom stereocenters. The van der Waals surface area contributed by atoms with Crippen LogP contribution in [-0.4, -0.2) is 24.8 Å². The van der Waals surface area contributed by atoms with Gasteiger partial charge in [-0.3, -0.25) is 4.79 Å². The van der Waals surface area contributed by atoms with Crippen LogP contribution in [0.5, 0.6) is 0 Å². The quantitative estimate of drug-likeness (QED) is 0.548. The minimum atomic E-state index is -0.0759. The predicted molar refractivity (Wildman–Crippen MR) is 63.2 cm³/mol. The first-order valence-corrected chi connectivity index (χ1v) is 6.03. The summed E-state index contributed by atoms with van der Waals surface area (Å²) in [6, 6.07) is 0. The van der Waals surface area contributed by atoms with Gasteiger partial charge in [0.05, 0.1) is 12.7 Å². The molecule has 0 aromatic heterocycles. The molecule has 1 saturated heterocycles. The lowest BCUT2D eigenvalue weighted by molar-refractivity contribution is -0.149. The zero-order valence-electron chi connectivity index (χ0n) is 10.3. The van der Waals surface area contributed by atoms with Gasteiger partial charge in [-0.05, 0) is 26.7 Å². The van der Waals surface area contributed by atoms with E-state index in [9.17, 15) is 4.79 Å². The predicted octanol–water partition coefficient (Wildman–Crippen LogP) is 2.84. The fourth-order valence-corrected chi connectivity index (χ4v) is 1.87. The van der Waals surface area contributed by atoms with Crippen molar-refractivity contribution in [2.75, 3.05) is 6.61 Å². The molecule has 1 aliphatic rings. The highest BCUT2D eigenvalue weighted by Gasteiger charge is 2.19. The maximum Gasteiger partial charge on any atom is 0.306 e. The van der Waals surface area contributed by atoms with Gasteiger partial charge in [-0.2, -0.15) is 0 Å². The molecule has 0 radical (unpaired) electrons. The monoisotopic (exact) mass is 226 g/mol. The first kappa shape index (κ1) is 13.2. The van der Waals surface area contributed by atoms with Crippen LogP contribution in [0.2, 0.25) is 0 Å². The van der Waals surface area contributed by atoms with Crippen LogP contribution in [0, 0.1) is 0 Å². The van der Waals surface area contributed by atoms with E-state index in [2.05, 4.69) is 6.58 Å². The molecule has 3 nitrogen and oxygen atoms in total. The van der Waals surface area contributed by atoms with Gasteiger partial charge in [0.1, 0.15) is 6.10 Å². The summed E-state index contributed by atoms with van der Waals surface area (Å²) < 4.78 is 11.0. The minimum absolute atomic E-state index is 0.0410. The van der Waals surface area contributed by atoms with Crippen molar-refractivity contribution in [3.63, 3.8) is 0 Å².